The number of piperazine rings is 1. The molecule has 3 aromatic rings. The van der Waals surface area contributed by atoms with Gasteiger partial charge in [-0.25, -0.2) is 0 Å². The second-order valence-electron chi connectivity index (χ2n) is 7.87. The van der Waals surface area contributed by atoms with E-state index in [4.69, 9.17) is 0 Å². The zero-order valence-electron chi connectivity index (χ0n) is 16.7. The van der Waals surface area contributed by atoms with Crippen LogP contribution < -0.4 is 5.32 Å². The predicted octanol–water partition coefficient (Wildman–Crippen LogP) is 4.72. The molecule has 1 saturated heterocycles. The molecule has 1 fully saturated rings. The van der Waals surface area contributed by atoms with Gasteiger partial charge in [-0.05, 0) is 30.0 Å². The number of nitrogens with one attached hydrogen (secondary N) is 1. The van der Waals surface area contributed by atoms with E-state index < -0.39 is 0 Å². The third-order valence-electron chi connectivity index (χ3n) is 6.02. The van der Waals surface area contributed by atoms with Gasteiger partial charge in [0.1, 0.15) is 0 Å². The second kappa shape index (κ2) is 9.18. The summed E-state index contributed by atoms with van der Waals surface area (Å²) in [6.07, 6.45) is 1.09. The number of rotatable bonds is 6. The van der Waals surface area contributed by atoms with E-state index in [-0.39, 0.29) is 0 Å². The number of hydrogen-bond donors (Lipinski definition) is 1. The molecule has 1 heterocycles. The maximum Gasteiger partial charge on any atom is 0.0287 e. The van der Waals surface area contributed by atoms with Crippen LogP contribution in [0.15, 0.2) is 91.0 Å². The van der Waals surface area contributed by atoms with Crippen LogP contribution in [0.1, 0.15) is 29.5 Å². The molecule has 1 aliphatic heterocycles. The van der Waals surface area contributed by atoms with Crippen molar-refractivity contribution in [2.45, 2.75) is 31.3 Å². The molecular formula is C26H30N2. The monoisotopic (exact) mass is 370 g/mol. The van der Waals surface area contributed by atoms with E-state index in [0.29, 0.717) is 18.0 Å². The molecule has 0 saturated carbocycles. The first-order valence-corrected chi connectivity index (χ1v) is 10.4. The summed E-state index contributed by atoms with van der Waals surface area (Å²) in [5, 5.41) is 3.69. The summed E-state index contributed by atoms with van der Waals surface area (Å²) in [7, 11) is 0. The van der Waals surface area contributed by atoms with Crippen LogP contribution in [0.5, 0.6) is 0 Å². The third kappa shape index (κ3) is 4.52. The van der Waals surface area contributed by atoms with Crippen molar-refractivity contribution in [3.8, 4) is 0 Å². The van der Waals surface area contributed by atoms with Crippen molar-refractivity contribution in [3.63, 3.8) is 0 Å². The maximum atomic E-state index is 3.69. The van der Waals surface area contributed by atoms with E-state index in [1.807, 2.05) is 0 Å². The minimum absolute atomic E-state index is 0.394. The first-order chi connectivity index (χ1) is 13.8. The van der Waals surface area contributed by atoms with Gasteiger partial charge in [0.15, 0.2) is 0 Å². The summed E-state index contributed by atoms with van der Waals surface area (Å²) >= 11 is 0. The van der Waals surface area contributed by atoms with Gasteiger partial charge in [-0.2, -0.15) is 0 Å². The molecule has 2 unspecified atom stereocenters. The Morgan fingerprint density at radius 2 is 1.36 bits per heavy atom. The Labute approximate surface area is 169 Å². The molecule has 2 atom stereocenters. The normalized spacial score (nSPS) is 20.4. The van der Waals surface area contributed by atoms with Crippen LogP contribution in [0, 0.1) is 0 Å². The Kier molecular flexibility index (Phi) is 6.20. The molecule has 0 radical (unpaired) electrons. The van der Waals surface area contributed by atoms with Gasteiger partial charge in [0.05, 0.1) is 0 Å². The summed E-state index contributed by atoms with van der Waals surface area (Å²) in [5.41, 5.74) is 4.22. The molecule has 0 amide bonds. The van der Waals surface area contributed by atoms with Crippen LogP contribution in [0.25, 0.3) is 0 Å². The van der Waals surface area contributed by atoms with Gasteiger partial charge in [0.2, 0.25) is 0 Å². The van der Waals surface area contributed by atoms with E-state index in [2.05, 4.69) is 108 Å². The summed E-state index contributed by atoms with van der Waals surface area (Å²) < 4.78 is 0. The standard InChI is InChI=1S/C26H30N2/c1-21-26(19-22-11-5-2-6-12-22)28(18-17-27-21)20-25(23-13-7-3-8-14-23)24-15-9-4-10-16-24/h2-16,21,25-27H,17-20H2,1H3. The van der Waals surface area contributed by atoms with Gasteiger partial charge >= 0.3 is 0 Å². The fourth-order valence-electron chi connectivity index (χ4n) is 4.45. The molecule has 0 spiro atoms. The molecular weight excluding hydrogens is 340 g/mol. The van der Waals surface area contributed by atoms with Crippen molar-refractivity contribution < 1.29 is 0 Å². The van der Waals surface area contributed by atoms with Crippen LogP contribution >= 0.6 is 0 Å². The smallest absolute Gasteiger partial charge is 0.0287 e. The highest BCUT2D eigenvalue weighted by molar-refractivity contribution is 5.33. The molecule has 0 aliphatic carbocycles. The van der Waals surface area contributed by atoms with Gasteiger partial charge < -0.3 is 5.32 Å². The zero-order chi connectivity index (χ0) is 19.2. The molecule has 0 bridgehead atoms. The Bertz CT molecular complexity index is 793. The fourth-order valence-corrected chi connectivity index (χ4v) is 4.45. The van der Waals surface area contributed by atoms with Crippen molar-refractivity contribution in [1.29, 1.82) is 0 Å². The van der Waals surface area contributed by atoms with Gasteiger partial charge in [0, 0.05) is 37.6 Å². The van der Waals surface area contributed by atoms with Crippen molar-refractivity contribution in [2.24, 2.45) is 0 Å². The average molecular weight is 371 g/mol. The first-order valence-electron chi connectivity index (χ1n) is 10.4. The van der Waals surface area contributed by atoms with Crippen LogP contribution in [0.4, 0.5) is 0 Å². The van der Waals surface area contributed by atoms with Gasteiger partial charge in [-0.15, -0.1) is 0 Å². The van der Waals surface area contributed by atoms with Crippen molar-refractivity contribution in [3.05, 3.63) is 108 Å². The lowest BCUT2D eigenvalue weighted by Gasteiger charge is -2.42. The topological polar surface area (TPSA) is 15.3 Å². The second-order valence-corrected chi connectivity index (χ2v) is 7.87. The predicted molar refractivity (Wildman–Crippen MR) is 118 cm³/mol. The SMILES string of the molecule is CC1NCCN(CC(c2ccccc2)c2ccccc2)C1Cc1ccccc1. The van der Waals surface area contributed by atoms with E-state index in [0.717, 1.165) is 26.1 Å². The van der Waals surface area contributed by atoms with Crippen molar-refractivity contribution >= 4 is 0 Å². The first kappa shape index (κ1) is 18.9. The van der Waals surface area contributed by atoms with E-state index in [1.54, 1.807) is 0 Å². The molecule has 3 aromatic carbocycles. The number of benzene rings is 3. The third-order valence-corrected chi connectivity index (χ3v) is 6.02. The van der Waals surface area contributed by atoms with E-state index in [1.165, 1.54) is 16.7 Å². The summed E-state index contributed by atoms with van der Waals surface area (Å²) in [4.78, 5) is 2.71. The molecule has 28 heavy (non-hydrogen) atoms. The lowest BCUT2D eigenvalue weighted by atomic mass is 9.88. The Morgan fingerprint density at radius 1 is 0.821 bits per heavy atom. The van der Waals surface area contributed by atoms with Crippen molar-refractivity contribution in [1.82, 2.24) is 10.2 Å². The van der Waals surface area contributed by atoms with Crippen LogP contribution in [0.3, 0.4) is 0 Å². The van der Waals surface area contributed by atoms with Crippen molar-refractivity contribution in [2.75, 3.05) is 19.6 Å². The van der Waals surface area contributed by atoms with Gasteiger partial charge in [-0.3, -0.25) is 4.90 Å². The molecule has 1 N–H and O–H groups in total. The molecule has 144 valence electrons. The minimum atomic E-state index is 0.394. The summed E-state index contributed by atoms with van der Waals surface area (Å²) in [6, 6.07) is 33.9. The highest BCUT2D eigenvalue weighted by Crippen LogP contribution is 2.28. The Balaban J connectivity index is 1.60. The van der Waals surface area contributed by atoms with Gasteiger partial charge in [-0.1, -0.05) is 91.0 Å². The molecule has 2 heteroatoms. The molecule has 2 nitrogen and oxygen atoms in total. The summed E-state index contributed by atoms with van der Waals surface area (Å²) in [5.74, 6) is 0.394. The molecule has 0 aromatic heterocycles. The lowest BCUT2D eigenvalue weighted by molar-refractivity contribution is 0.121. The largest absolute Gasteiger partial charge is 0.311 e. The van der Waals surface area contributed by atoms with E-state index in [9.17, 15) is 0 Å². The zero-order valence-corrected chi connectivity index (χ0v) is 16.7. The van der Waals surface area contributed by atoms with Crippen LogP contribution in [0.2, 0.25) is 0 Å². The van der Waals surface area contributed by atoms with E-state index >= 15 is 0 Å². The summed E-state index contributed by atoms with van der Waals surface area (Å²) in [6.45, 7) is 5.54. The maximum absolute atomic E-state index is 3.69. The Hall–Kier alpha value is -2.42. The fraction of sp³-hybridized carbons (Fsp3) is 0.308. The van der Waals surface area contributed by atoms with Crippen LogP contribution in [-0.4, -0.2) is 36.6 Å². The minimum Gasteiger partial charge on any atom is -0.311 e. The highest BCUT2D eigenvalue weighted by Gasteiger charge is 2.30. The number of hydrogen-bond acceptors (Lipinski definition) is 2. The molecule has 1 aliphatic rings. The quantitative estimate of drug-likeness (QED) is 0.675. The van der Waals surface area contributed by atoms with Crippen LogP contribution in [-0.2, 0) is 6.42 Å². The Morgan fingerprint density at radius 3 is 1.93 bits per heavy atom. The highest BCUT2D eigenvalue weighted by atomic mass is 15.2. The average Bonchev–Trinajstić information content (AvgIpc) is 2.76. The molecule has 4 rings (SSSR count). The van der Waals surface area contributed by atoms with Gasteiger partial charge in [0.25, 0.3) is 0 Å². The number of nitrogens with zero attached hydrogens (tertiary/aromatic N) is 1. The lowest BCUT2D eigenvalue weighted by Crippen LogP contribution is -2.58.